The van der Waals surface area contributed by atoms with Crippen LogP contribution in [0.4, 0.5) is 0 Å². The molecule has 1 heterocycles. The second kappa shape index (κ2) is 5.10. The first-order chi connectivity index (χ1) is 8.20. The molecular formula is C13H17N3O. The van der Waals surface area contributed by atoms with Crippen molar-refractivity contribution in [2.45, 2.75) is 26.7 Å². The topological polar surface area (TPSA) is 50.9 Å². The van der Waals surface area contributed by atoms with E-state index in [4.69, 9.17) is 5.11 Å². The summed E-state index contributed by atoms with van der Waals surface area (Å²) in [5.41, 5.74) is 4.36. The first kappa shape index (κ1) is 11.8. The van der Waals surface area contributed by atoms with Crippen LogP contribution < -0.4 is 0 Å². The Kier molecular flexibility index (Phi) is 3.54. The molecule has 1 N–H and O–H groups in total. The van der Waals surface area contributed by atoms with Gasteiger partial charge in [0.15, 0.2) is 0 Å². The number of hydrogen-bond acceptors (Lipinski definition) is 3. The lowest BCUT2D eigenvalue weighted by molar-refractivity contribution is 0.288. The van der Waals surface area contributed by atoms with Crippen molar-refractivity contribution in [3.8, 4) is 5.69 Å². The van der Waals surface area contributed by atoms with Crippen molar-refractivity contribution in [1.82, 2.24) is 15.0 Å². The fourth-order valence-electron chi connectivity index (χ4n) is 1.76. The molecule has 4 nitrogen and oxygen atoms in total. The van der Waals surface area contributed by atoms with Crippen LogP contribution in [0.2, 0.25) is 0 Å². The highest BCUT2D eigenvalue weighted by Gasteiger charge is 2.05. The van der Waals surface area contributed by atoms with E-state index in [2.05, 4.69) is 42.4 Å². The van der Waals surface area contributed by atoms with Gasteiger partial charge in [-0.05, 0) is 43.9 Å². The van der Waals surface area contributed by atoms with E-state index in [0.29, 0.717) is 0 Å². The number of aliphatic hydroxyl groups excluding tert-OH is 1. The molecule has 0 amide bonds. The molecular weight excluding hydrogens is 214 g/mol. The zero-order chi connectivity index (χ0) is 12.3. The minimum absolute atomic E-state index is 0.191. The van der Waals surface area contributed by atoms with E-state index < -0.39 is 0 Å². The van der Waals surface area contributed by atoms with Crippen molar-refractivity contribution in [3.63, 3.8) is 0 Å². The smallest absolute Gasteiger partial charge is 0.0832 e. The second-order valence-electron chi connectivity index (χ2n) is 4.27. The van der Waals surface area contributed by atoms with Crippen LogP contribution >= 0.6 is 0 Å². The number of aliphatic hydroxyl groups is 1. The fraction of sp³-hybridized carbons (Fsp3) is 0.385. The lowest BCUT2D eigenvalue weighted by Gasteiger charge is -2.05. The van der Waals surface area contributed by atoms with Crippen LogP contribution in [-0.2, 0) is 6.42 Å². The van der Waals surface area contributed by atoms with Gasteiger partial charge >= 0.3 is 0 Å². The molecule has 0 spiro atoms. The van der Waals surface area contributed by atoms with E-state index in [-0.39, 0.29) is 6.61 Å². The number of nitrogens with zero attached hydrogens (tertiary/aromatic N) is 3. The predicted molar refractivity (Wildman–Crippen MR) is 66.2 cm³/mol. The Bertz CT molecular complexity index is 505. The van der Waals surface area contributed by atoms with E-state index in [9.17, 15) is 0 Å². The van der Waals surface area contributed by atoms with Crippen molar-refractivity contribution in [2.24, 2.45) is 0 Å². The molecule has 17 heavy (non-hydrogen) atoms. The molecule has 0 fully saturated rings. The summed E-state index contributed by atoms with van der Waals surface area (Å²) in [4.78, 5) is 0. The summed E-state index contributed by atoms with van der Waals surface area (Å²) >= 11 is 0. The molecule has 0 atom stereocenters. The molecule has 0 radical (unpaired) electrons. The minimum atomic E-state index is 0.191. The molecule has 1 aromatic carbocycles. The Hall–Kier alpha value is -1.68. The molecule has 0 unspecified atom stereocenters. The Balaban J connectivity index is 2.27. The standard InChI is InChI=1S/C13H17N3O/c1-10-5-6-11(2)13(8-10)16-9-12(14-15-16)4-3-7-17/h5-6,8-9,17H,3-4,7H2,1-2H3. The maximum atomic E-state index is 8.78. The normalized spacial score (nSPS) is 10.8. The predicted octanol–water partition coefficient (Wildman–Crippen LogP) is 1.81. The Morgan fingerprint density at radius 3 is 2.88 bits per heavy atom. The maximum absolute atomic E-state index is 8.78. The van der Waals surface area contributed by atoms with Gasteiger partial charge in [0.1, 0.15) is 0 Å². The summed E-state index contributed by atoms with van der Waals surface area (Å²) in [6.07, 6.45) is 3.42. The summed E-state index contributed by atoms with van der Waals surface area (Å²) in [6, 6.07) is 6.27. The minimum Gasteiger partial charge on any atom is -0.396 e. The summed E-state index contributed by atoms with van der Waals surface area (Å²) in [6.45, 7) is 4.31. The van der Waals surface area contributed by atoms with Crippen LogP contribution in [0.1, 0.15) is 23.2 Å². The lowest BCUT2D eigenvalue weighted by Crippen LogP contribution is -1.98. The largest absolute Gasteiger partial charge is 0.396 e. The molecule has 0 saturated heterocycles. The average Bonchev–Trinajstić information content (AvgIpc) is 2.78. The van der Waals surface area contributed by atoms with E-state index in [1.165, 1.54) is 11.1 Å². The molecule has 0 saturated carbocycles. The molecule has 0 aliphatic carbocycles. The maximum Gasteiger partial charge on any atom is 0.0832 e. The van der Waals surface area contributed by atoms with Crippen LogP contribution in [0.15, 0.2) is 24.4 Å². The third-order valence-electron chi connectivity index (χ3n) is 2.74. The van der Waals surface area contributed by atoms with E-state index in [1.807, 2.05) is 6.20 Å². The summed E-state index contributed by atoms with van der Waals surface area (Å²) in [7, 11) is 0. The van der Waals surface area contributed by atoms with Crippen molar-refractivity contribution in [3.05, 3.63) is 41.2 Å². The van der Waals surface area contributed by atoms with Gasteiger partial charge < -0.3 is 5.11 Å². The quantitative estimate of drug-likeness (QED) is 0.873. The lowest BCUT2D eigenvalue weighted by atomic mass is 10.1. The third-order valence-corrected chi connectivity index (χ3v) is 2.74. The molecule has 2 rings (SSSR count). The highest BCUT2D eigenvalue weighted by Crippen LogP contribution is 2.15. The van der Waals surface area contributed by atoms with Gasteiger partial charge in [0.05, 0.1) is 17.6 Å². The van der Waals surface area contributed by atoms with Gasteiger partial charge in [-0.3, -0.25) is 0 Å². The van der Waals surface area contributed by atoms with Crippen molar-refractivity contribution in [2.75, 3.05) is 6.61 Å². The van der Waals surface area contributed by atoms with E-state index >= 15 is 0 Å². The first-order valence-corrected chi connectivity index (χ1v) is 5.80. The number of rotatable bonds is 4. The Labute approximate surface area is 101 Å². The van der Waals surface area contributed by atoms with Gasteiger partial charge in [0.25, 0.3) is 0 Å². The van der Waals surface area contributed by atoms with Crippen molar-refractivity contribution in [1.29, 1.82) is 0 Å². The van der Waals surface area contributed by atoms with Gasteiger partial charge in [-0.25, -0.2) is 4.68 Å². The van der Waals surface area contributed by atoms with Gasteiger partial charge in [-0.1, -0.05) is 17.3 Å². The third kappa shape index (κ3) is 2.71. The van der Waals surface area contributed by atoms with E-state index in [0.717, 1.165) is 24.2 Å². The van der Waals surface area contributed by atoms with Crippen LogP contribution in [0.25, 0.3) is 5.69 Å². The molecule has 0 bridgehead atoms. The highest BCUT2D eigenvalue weighted by atomic mass is 16.2. The second-order valence-corrected chi connectivity index (χ2v) is 4.27. The van der Waals surface area contributed by atoms with Crippen LogP contribution in [0.3, 0.4) is 0 Å². The average molecular weight is 231 g/mol. The number of aromatic nitrogens is 3. The van der Waals surface area contributed by atoms with Crippen LogP contribution in [0, 0.1) is 13.8 Å². The molecule has 4 heteroatoms. The SMILES string of the molecule is Cc1ccc(C)c(-n2cc(CCCO)nn2)c1. The molecule has 90 valence electrons. The molecule has 0 aliphatic heterocycles. The van der Waals surface area contributed by atoms with Gasteiger partial charge in [-0.15, -0.1) is 5.10 Å². The van der Waals surface area contributed by atoms with E-state index in [1.54, 1.807) is 4.68 Å². The molecule has 2 aromatic rings. The summed E-state index contributed by atoms with van der Waals surface area (Å²) in [5.74, 6) is 0. The van der Waals surface area contributed by atoms with Gasteiger partial charge in [0.2, 0.25) is 0 Å². The zero-order valence-corrected chi connectivity index (χ0v) is 10.2. The fourth-order valence-corrected chi connectivity index (χ4v) is 1.76. The highest BCUT2D eigenvalue weighted by molar-refractivity contribution is 5.42. The summed E-state index contributed by atoms with van der Waals surface area (Å²) < 4.78 is 1.80. The number of hydrogen-bond donors (Lipinski definition) is 1. The first-order valence-electron chi connectivity index (χ1n) is 5.80. The van der Waals surface area contributed by atoms with Crippen LogP contribution in [-0.4, -0.2) is 26.7 Å². The van der Waals surface area contributed by atoms with Crippen molar-refractivity contribution < 1.29 is 5.11 Å². The Morgan fingerprint density at radius 2 is 2.12 bits per heavy atom. The monoisotopic (exact) mass is 231 g/mol. The van der Waals surface area contributed by atoms with Gasteiger partial charge in [0, 0.05) is 6.61 Å². The van der Waals surface area contributed by atoms with Crippen molar-refractivity contribution >= 4 is 0 Å². The number of aryl methyl sites for hydroxylation is 3. The zero-order valence-electron chi connectivity index (χ0n) is 10.2. The Morgan fingerprint density at radius 1 is 1.29 bits per heavy atom. The molecule has 0 aliphatic rings. The summed E-state index contributed by atoms with van der Waals surface area (Å²) in [5, 5.41) is 17.0. The van der Waals surface area contributed by atoms with Gasteiger partial charge in [-0.2, -0.15) is 0 Å². The number of benzene rings is 1. The molecule has 1 aromatic heterocycles. The van der Waals surface area contributed by atoms with Crippen LogP contribution in [0.5, 0.6) is 0 Å².